The average Bonchev–Trinajstić information content (AvgIpc) is 2.80. The minimum Gasteiger partial charge on any atom is -0.543 e. The number of nitrogens with one attached hydrogen (secondary N) is 1. The second-order valence-electron chi connectivity index (χ2n) is 6.50. The molecule has 0 spiro atoms. The fraction of sp³-hybridized carbons (Fsp3) is 0.0833. The smallest absolute Gasteiger partial charge is 0.264 e. The third kappa shape index (κ3) is 5.00. The molecule has 7 heteroatoms. The summed E-state index contributed by atoms with van der Waals surface area (Å²) in [7, 11) is -3.92. The Kier molecular flexibility index (Phi) is 7.19. The van der Waals surface area contributed by atoms with Crippen LogP contribution in [-0.2, 0) is 13.9 Å². The van der Waals surface area contributed by atoms with Crippen LogP contribution in [0.25, 0.3) is 5.31 Å². The molecule has 0 aliphatic heterocycles. The fourth-order valence-corrected chi connectivity index (χ4v) is 5.51. The van der Waals surface area contributed by atoms with Crippen LogP contribution >= 0.6 is 7.37 Å². The third-order valence-electron chi connectivity index (χ3n) is 4.46. The lowest BCUT2D eigenvalue weighted by molar-refractivity contribution is -0.299. The average molecular weight is 434 g/mol. The van der Waals surface area contributed by atoms with Crippen LogP contribution in [0.2, 0.25) is 0 Å². The molecular formula is C24H21NO5P-. The first-order chi connectivity index (χ1) is 15.0. The number of hydrogen-bond donors (Lipinski definition) is 1. The van der Waals surface area contributed by atoms with Crippen molar-refractivity contribution in [3.05, 3.63) is 108 Å². The summed E-state index contributed by atoms with van der Waals surface area (Å²) in [6.07, 6.45) is 0. The zero-order valence-corrected chi connectivity index (χ0v) is 17.8. The van der Waals surface area contributed by atoms with Crippen LogP contribution in [0, 0.1) is 0 Å². The van der Waals surface area contributed by atoms with Gasteiger partial charge < -0.3 is 19.7 Å². The highest BCUT2D eigenvalue weighted by Crippen LogP contribution is 2.59. The Morgan fingerprint density at radius 3 is 1.81 bits per heavy atom. The molecular weight excluding hydrogens is 413 g/mol. The van der Waals surface area contributed by atoms with Crippen LogP contribution in [0.5, 0.6) is 0 Å². The van der Waals surface area contributed by atoms with Gasteiger partial charge in [-0.1, -0.05) is 66.7 Å². The van der Waals surface area contributed by atoms with Crippen molar-refractivity contribution in [3.63, 3.8) is 0 Å². The highest BCUT2D eigenvalue weighted by Gasteiger charge is 2.35. The Labute approximate surface area is 180 Å². The number of amides is 1. The van der Waals surface area contributed by atoms with Crippen molar-refractivity contribution in [2.24, 2.45) is 0 Å². The molecule has 3 aromatic rings. The highest BCUT2D eigenvalue weighted by atomic mass is 31.2. The molecule has 1 N–H and O–H groups in total. The van der Waals surface area contributed by atoms with Crippen LogP contribution < -0.4 is 15.7 Å². The van der Waals surface area contributed by atoms with Crippen LogP contribution in [0.1, 0.15) is 22.8 Å². The summed E-state index contributed by atoms with van der Waals surface area (Å²) in [5.74, 6) is -2.33. The summed E-state index contributed by atoms with van der Waals surface area (Å²) in [6, 6.07) is 24.8. The van der Waals surface area contributed by atoms with Gasteiger partial charge in [-0.2, -0.15) is 0 Å². The van der Waals surface area contributed by atoms with Crippen LogP contribution in [-0.4, -0.2) is 18.5 Å². The van der Waals surface area contributed by atoms with Gasteiger partial charge in [-0.25, -0.2) is 0 Å². The normalized spacial score (nSPS) is 13.6. The maximum absolute atomic E-state index is 14.3. The largest absolute Gasteiger partial charge is 0.543 e. The molecule has 0 aromatic heterocycles. The second-order valence-corrected chi connectivity index (χ2v) is 8.83. The number of benzene rings is 3. The topological polar surface area (TPSA) is 95.5 Å². The monoisotopic (exact) mass is 434 g/mol. The van der Waals surface area contributed by atoms with Crippen LogP contribution in [0.3, 0.4) is 0 Å². The highest BCUT2D eigenvalue weighted by molar-refractivity contribution is 7.77. The van der Waals surface area contributed by atoms with E-state index in [1.54, 1.807) is 97.9 Å². The Morgan fingerprint density at radius 2 is 1.32 bits per heavy atom. The molecule has 6 nitrogen and oxygen atoms in total. The lowest BCUT2D eigenvalue weighted by atomic mass is 10.1. The Balaban J connectivity index is 2.27. The number of hydrogen-bond acceptors (Lipinski definition) is 5. The number of rotatable bonds is 8. The lowest BCUT2D eigenvalue weighted by Crippen LogP contribution is -2.37. The van der Waals surface area contributed by atoms with Crippen molar-refractivity contribution in [1.82, 2.24) is 5.32 Å². The van der Waals surface area contributed by atoms with E-state index in [2.05, 4.69) is 5.32 Å². The maximum Gasteiger partial charge on any atom is 0.264 e. The molecule has 0 saturated carbocycles. The summed E-state index contributed by atoms with van der Waals surface area (Å²) < 4.78 is 20.0. The summed E-state index contributed by atoms with van der Waals surface area (Å²) >= 11 is 0. The molecule has 0 aliphatic carbocycles. The van der Waals surface area contributed by atoms with Gasteiger partial charge in [0.2, 0.25) is 0 Å². The Bertz CT molecular complexity index is 1130. The Morgan fingerprint density at radius 1 is 0.839 bits per heavy atom. The number of carbonyl (C=O) groups excluding carboxylic acids is 2. The molecule has 158 valence electrons. The molecule has 0 bridgehead atoms. The van der Waals surface area contributed by atoms with Crippen molar-refractivity contribution in [2.45, 2.75) is 6.92 Å². The van der Waals surface area contributed by atoms with E-state index in [0.717, 1.165) is 0 Å². The number of aliphatic carboxylic acids is 1. The second kappa shape index (κ2) is 10.0. The predicted octanol–water partition coefficient (Wildman–Crippen LogP) is 3.18. The summed E-state index contributed by atoms with van der Waals surface area (Å²) in [6.45, 7) is 1.73. The summed E-state index contributed by atoms with van der Waals surface area (Å²) in [5, 5.41) is 14.8. The van der Waals surface area contributed by atoms with Gasteiger partial charge in [-0.3, -0.25) is 9.36 Å². The van der Waals surface area contributed by atoms with Crippen molar-refractivity contribution < 1.29 is 23.8 Å². The summed E-state index contributed by atoms with van der Waals surface area (Å²) in [4.78, 5) is 25.0. The third-order valence-corrected chi connectivity index (χ3v) is 7.13. The van der Waals surface area contributed by atoms with Crippen molar-refractivity contribution in [1.29, 1.82) is 0 Å². The van der Waals surface area contributed by atoms with E-state index in [9.17, 15) is 19.3 Å². The Hall–Kier alpha value is -3.47. The van der Waals surface area contributed by atoms with Crippen LogP contribution in [0.15, 0.2) is 96.7 Å². The number of carboxylic acids is 1. The molecule has 3 aromatic carbocycles. The fourth-order valence-electron chi connectivity index (χ4n) is 3.11. The molecule has 1 atom stereocenters. The van der Waals surface area contributed by atoms with Gasteiger partial charge in [-0.15, -0.1) is 0 Å². The molecule has 0 radical (unpaired) electrons. The minimum absolute atomic E-state index is 0.0649. The van der Waals surface area contributed by atoms with Gasteiger partial charge >= 0.3 is 0 Å². The summed E-state index contributed by atoms with van der Waals surface area (Å²) in [5.41, 5.74) is -0.00370. The standard InChI is InChI=1S/C24H22NO5P/c1-2-30-31(29,20-16-10-5-11-17-20)22(18-12-6-3-7-13-18)21(24(27)28)25-23(26)19-14-8-4-9-15-19/h3-17H,2H2,1H3,(H,25,26)(H,27,28)/p-1/b22-21-/t31-/m1/s1. The first-order valence-electron chi connectivity index (χ1n) is 9.65. The SMILES string of the molecule is CCO[P@@](=O)(/C(=C(\NC(=O)c1ccccc1)C(=O)[O-])c1ccccc1)c1ccccc1. The molecule has 0 unspecified atom stereocenters. The quantitative estimate of drug-likeness (QED) is 0.434. The van der Waals surface area contributed by atoms with E-state index >= 15 is 0 Å². The first kappa shape index (κ1) is 22.2. The van der Waals surface area contributed by atoms with Gasteiger partial charge in [0, 0.05) is 10.9 Å². The van der Waals surface area contributed by atoms with E-state index in [0.29, 0.717) is 10.9 Å². The zero-order chi connectivity index (χ0) is 22.3. The van der Waals surface area contributed by atoms with Gasteiger partial charge in [0.1, 0.15) is 0 Å². The van der Waals surface area contributed by atoms with Crippen LogP contribution in [0.4, 0.5) is 0 Å². The minimum atomic E-state index is -3.92. The van der Waals surface area contributed by atoms with Crippen molar-refractivity contribution in [2.75, 3.05) is 6.61 Å². The van der Waals surface area contributed by atoms with Crippen molar-refractivity contribution >= 4 is 29.9 Å². The van der Waals surface area contributed by atoms with E-state index in [1.807, 2.05) is 0 Å². The van der Waals surface area contributed by atoms with E-state index in [1.165, 1.54) is 0 Å². The van der Waals surface area contributed by atoms with E-state index in [4.69, 9.17) is 4.52 Å². The first-order valence-corrected chi connectivity index (χ1v) is 11.3. The van der Waals surface area contributed by atoms with Gasteiger partial charge in [0.25, 0.3) is 13.3 Å². The van der Waals surface area contributed by atoms with Gasteiger partial charge in [0.05, 0.1) is 23.6 Å². The maximum atomic E-state index is 14.3. The molecule has 0 saturated heterocycles. The number of carbonyl (C=O) groups is 2. The van der Waals surface area contributed by atoms with E-state index < -0.39 is 24.9 Å². The molecule has 0 aliphatic rings. The molecule has 1 amide bonds. The zero-order valence-electron chi connectivity index (χ0n) is 16.9. The van der Waals surface area contributed by atoms with E-state index in [-0.39, 0.29) is 17.5 Å². The van der Waals surface area contributed by atoms with Gasteiger partial charge in [-0.05, 0) is 36.8 Å². The molecule has 31 heavy (non-hydrogen) atoms. The molecule has 0 fully saturated rings. The lowest BCUT2D eigenvalue weighted by Gasteiger charge is -2.25. The van der Waals surface area contributed by atoms with Crippen molar-refractivity contribution in [3.8, 4) is 0 Å². The molecule has 3 rings (SSSR count). The number of carboxylic acid groups (broad SMARTS) is 1. The molecule has 0 heterocycles. The van der Waals surface area contributed by atoms with Gasteiger partial charge in [0.15, 0.2) is 0 Å². The predicted molar refractivity (Wildman–Crippen MR) is 118 cm³/mol.